The fourth-order valence-corrected chi connectivity index (χ4v) is 4.83. The Bertz CT molecular complexity index is 790. The predicted octanol–water partition coefficient (Wildman–Crippen LogP) is 3.69. The number of aromatic amines is 1. The van der Waals surface area contributed by atoms with Crippen LogP contribution < -0.4 is 4.74 Å². The number of H-pyrrole nitrogens is 1. The van der Waals surface area contributed by atoms with Crippen LogP contribution in [0.3, 0.4) is 0 Å². The summed E-state index contributed by atoms with van der Waals surface area (Å²) in [6.07, 6.45) is 7.41. The van der Waals surface area contributed by atoms with E-state index in [-0.39, 0.29) is 5.25 Å². The molecular formula is C19H22N2O2S. The van der Waals surface area contributed by atoms with Gasteiger partial charge in [-0.05, 0) is 48.8 Å². The second-order valence-electron chi connectivity index (χ2n) is 6.38. The van der Waals surface area contributed by atoms with E-state index in [1.807, 2.05) is 28.8 Å². The third-order valence-electron chi connectivity index (χ3n) is 4.96. The minimum Gasteiger partial charge on any atom is -0.497 e. The fraction of sp³-hybridized carbons (Fsp3) is 0.421. The molecular weight excluding hydrogens is 320 g/mol. The van der Waals surface area contributed by atoms with Crippen molar-refractivity contribution >= 4 is 34.1 Å². The van der Waals surface area contributed by atoms with Crippen LogP contribution in [0, 0.1) is 0 Å². The number of methoxy groups -OCH3 is 1. The molecule has 4 nitrogen and oxygen atoms in total. The molecule has 0 unspecified atom stereocenters. The first-order chi connectivity index (χ1) is 11.8. The Hall–Kier alpha value is -1.88. The molecule has 126 valence electrons. The number of carbonyl (C=O) groups is 1. The van der Waals surface area contributed by atoms with E-state index in [2.05, 4.69) is 23.3 Å². The Morgan fingerprint density at radius 2 is 2.33 bits per heavy atom. The predicted molar refractivity (Wildman–Crippen MR) is 99.5 cm³/mol. The summed E-state index contributed by atoms with van der Waals surface area (Å²) >= 11 is 1.82. The van der Waals surface area contributed by atoms with Crippen LogP contribution in [-0.2, 0) is 4.79 Å². The zero-order valence-corrected chi connectivity index (χ0v) is 14.7. The number of carbonyl (C=O) groups excluding carboxylic acids is 1. The summed E-state index contributed by atoms with van der Waals surface area (Å²) in [7, 11) is 1.69. The Morgan fingerprint density at radius 3 is 3.04 bits per heavy atom. The number of benzene rings is 1. The number of ether oxygens (including phenoxy) is 1. The highest BCUT2D eigenvalue weighted by molar-refractivity contribution is 8.00. The zero-order chi connectivity index (χ0) is 16.5. The molecule has 0 radical (unpaired) electrons. The highest BCUT2D eigenvalue weighted by Crippen LogP contribution is 2.33. The van der Waals surface area contributed by atoms with E-state index in [4.69, 9.17) is 4.74 Å². The quantitative estimate of drug-likeness (QED) is 0.925. The number of hydrogen-bond donors (Lipinski definition) is 1. The summed E-state index contributed by atoms with van der Waals surface area (Å²) in [6.45, 7) is 1.54. The Balaban J connectivity index is 1.54. The van der Waals surface area contributed by atoms with Crippen molar-refractivity contribution in [3.05, 3.63) is 36.0 Å². The SMILES string of the molecule is COc1ccc2[nH]cc(C3=CCN(C(=O)[C@@H]4CCCS4)CC3)c2c1. The lowest BCUT2D eigenvalue weighted by Gasteiger charge is -2.28. The molecule has 0 spiro atoms. The maximum atomic E-state index is 12.5. The normalized spacial score (nSPS) is 21.1. The molecule has 1 N–H and O–H groups in total. The lowest BCUT2D eigenvalue weighted by Crippen LogP contribution is -2.39. The monoisotopic (exact) mass is 342 g/mol. The summed E-state index contributed by atoms with van der Waals surface area (Å²) in [4.78, 5) is 17.9. The molecule has 3 heterocycles. The minimum atomic E-state index is 0.192. The smallest absolute Gasteiger partial charge is 0.235 e. The van der Waals surface area contributed by atoms with E-state index in [1.54, 1.807) is 7.11 Å². The van der Waals surface area contributed by atoms with E-state index in [0.717, 1.165) is 43.0 Å². The summed E-state index contributed by atoms with van der Waals surface area (Å²) in [6, 6.07) is 6.10. The number of rotatable bonds is 3. The summed E-state index contributed by atoms with van der Waals surface area (Å²) < 4.78 is 5.35. The van der Waals surface area contributed by atoms with Crippen molar-refractivity contribution in [2.24, 2.45) is 0 Å². The molecule has 1 fully saturated rings. The highest BCUT2D eigenvalue weighted by Gasteiger charge is 2.29. The number of fused-ring (bicyclic) bond motifs is 1. The first-order valence-corrected chi connectivity index (χ1v) is 9.56. The van der Waals surface area contributed by atoms with Crippen molar-refractivity contribution in [1.82, 2.24) is 9.88 Å². The van der Waals surface area contributed by atoms with Gasteiger partial charge in [0.15, 0.2) is 0 Å². The van der Waals surface area contributed by atoms with Gasteiger partial charge in [0.1, 0.15) is 5.75 Å². The van der Waals surface area contributed by atoms with Crippen molar-refractivity contribution in [1.29, 1.82) is 0 Å². The maximum absolute atomic E-state index is 12.5. The van der Waals surface area contributed by atoms with Gasteiger partial charge in [0.25, 0.3) is 0 Å². The van der Waals surface area contributed by atoms with Crippen LogP contribution in [0.2, 0.25) is 0 Å². The Morgan fingerprint density at radius 1 is 1.42 bits per heavy atom. The standard InChI is InChI=1S/C19H22N2O2S/c1-23-14-4-5-17-15(11-14)16(12-20-17)13-6-8-21(9-7-13)19(22)18-3-2-10-24-18/h4-6,11-12,18,20H,2-3,7-10H2,1H3/t18-/m0/s1. The van der Waals surface area contributed by atoms with Gasteiger partial charge in [-0.25, -0.2) is 0 Å². The molecule has 0 saturated carbocycles. The molecule has 0 aliphatic carbocycles. The van der Waals surface area contributed by atoms with E-state index >= 15 is 0 Å². The zero-order valence-electron chi connectivity index (χ0n) is 13.9. The third kappa shape index (κ3) is 2.81. The van der Waals surface area contributed by atoms with Crippen LogP contribution in [-0.4, -0.2) is 47.0 Å². The van der Waals surface area contributed by atoms with Crippen molar-refractivity contribution < 1.29 is 9.53 Å². The van der Waals surface area contributed by atoms with E-state index in [1.165, 1.54) is 22.9 Å². The molecule has 1 amide bonds. The molecule has 2 aliphatic heterocycles. The van der Waals surface area contributed by atoms with Crippen molar-refractivity contribution in [3.63, 3.8) is 0 Å². The number of nitrogens with zero attached hydrogens (tertiary/aromatic N) is 1. The molecule has 1 aromatic heterocycles. The van der Waals surface area contributed by atoms with Crippen LogP contribution >= 0.6 is 11.8 Å². The maximum Gasteiger partial charge on any atom is 0.235 e. The first-order valence-electron chi connectivity index (χ1n) is 8.51. The number of amides is 1. The van der Waals surface area contributed by atoms with Crippen molar-refractivity contribution in [3.8, 4) is 5.75 Å². The second-order valence-corrected chi connectivity index (χ2v) is 7.69. The van der Waals surface area contributed by atoms with Gasteiger partial charge in [-0.1, -0.05) is 6.08 Å². The van der Waals surface area contributed by atoms with Gasteiger partial charge in [0.2, 0.25) is 5.91 Å². The van der Waals surface area contributed by atoms with Crippen LogP contribution in [0.1, 0.15) is 24.8 Å². The van der Waals surface area contributed by atoms with E-state index in [9.17, 15) is 4.79 Å². The van der Waals surface area contributed by atoms with E-state index in [0.29, 0.717) is 5.91 Å². The van der Waals surface area contributed by atoms with Gasteiger partial charge >= 0.3 is 0 Å². The lowest BCUT2D eigenvalue weighted by atomic mass is 9.98. The van der Waals surface area contributed by atoms with Crippen LogP contribution in [0.25, 0.3) is 16.5 Å². The van der Waals surface area contributed by atoms with Gasteiger partial charge < -0.3 is 14.6 Å². The summed E-state index contributed by atoms with van der Waals surface area (Å²) in [5.74, 6) is 2.32. The van der Waals surface area contributed by atoms with Gasteiger partial charge in [0, 0.05) is 35.8 Å². The number of aromatic nitrogens is 1. The fourth-order valence-electron chi connectivity index (χ4n) is 3.58. The molecule has 4 rings (SSSR count). The van der Waals surface area contributed by atoms with Crippen LogP contribution in [0.15, 0.2) is 30.5 Å². The number of thioether (sulfide) groups is 1. The molecule has 5 heteroatoms. The van der Waals surface area contributed by atoms with E-state index < -0.39 is 0 Å². The summed E-state index contributed by atoms with van der Waals surface area (Å²) in [5, 5.41) is 1.38. The average molecular weight is 342 g/mol. The number of hydrogen-bond acceptors (Lipinski definition) is 3. The topological polar surface area (TPSA) is 45.3 Å². The Labute approximate surface area is 146 Å². The van der Waals surface area contributed by atoms with Crippen LogP contribution in [0.5, 0.6) is 5.75 Å². The third-order valence-corrected chi connectivity index (χ3v) is 6.32. The Kier molecular flexibility index (Phi) is 4.27. The van der Waals surface area contributed by atoms with Gasteiger partial charge in [-0.2, -0.15) is 0 Å². The lowest BCUT2D eigenvalue weighted by molar-refractivity contribution is -0.130. The van der Waals surface area contributed by atoms with Crippen molar-refractivity contribution in [2.45, 2.75) is 24.5 Å². The molecule has 2 aromatic rings. The molecule has 1 aromatic carbocycles. The van der Waals surface area contributed by atoms with Gasteiger partial charge in [-0.3, -0.25) is 4.79 Å². The average Bonchev–Trinajstić information content (AvgIpc) is 3.30. The first kappa shape index (κ1) is 15.6. The minimum absolute atomic E-state index is 0.192. The van der Waals surface area contributed by atoms with Gasteiger partial charge in [-0.15, -0.1) is 11.8 Å². The summed E-state index contributed by atoms with van der Waals surface area (Å²) in [5.41, 5.74) is 3.66. The van der Waals surface area contributed by atoms with Crippen molar-refractivity contribution in [2.75, 3.05) is 26.0 Å². The molecule has 0 bridgehead atoms. The van der Waals surface area contributed by atoms with Crippen LogP contribution in [0.4, 0.5) is 0 Å². The number of nitrogens with one attached hydrogen (secondary N) is 1. The largest absolute Gasteiger partial charge is 0.497 e. The van der Waals surface area contributed by atoms with Gasteiger partial charge in [0.05, 0.1) is 12.4 Å². The highest BCUT2D eigenvalue weighted by atomic mass is 32.2. The molecule has 2 aliphatic rings. The molecule has 24 heavy (non-hydrogen) atoms. The molecule has 1 saturated heterocycles. The second kappa shape index (κ2) is 6.55. The molecule has 1 atom stereocenters.